The molecule has 0 aliphatic carbocycles. The number of aliphatic imine (C=N–C) groups is 1. The van der Waals surface area contributed by atoms with Gasteiger partial charge in [0, 0.05) is 26.8 Å². The topological polar surface area (TPSA) is 24.8 Å². The lowest BCUT2D eigenvalue weighted by Crippen LogP contribution is -2.38. The molecule has 0 aromatic carbocycles. The molecule has 0 spiro atoms. The number of hydrogen-bond donors (Lipinski definition) is 0. The molecule has 0 aromatic rings. The van der Waals surface area contributed by atoms with E-state index in [-0.39, 0.29) is 0 Å². The molecule has 0 saturated heterocycles. The molecule has 1 unspecified atom stereocenters. The minimum absolute atomic E-state index is 0.394. The maximum absolute atomic E-state index is 5.12. The Hall–Kier alpha value is -0.830. The van der Waals surface area contributed by atoms with Crippen molar-refractivity contribution in [2.75, 3.05) is 20.8 Å². The standard InChI is InChI=1S/C11H20N2O/c1-9-5-6-11(12-7-9)13(3)10(2)8-14-4/h7,10H,5-6,8H2,1-4H3. The van der Waals surface area contributed by atoms with Crippen LogP contribution in [0.4, 0.5) is 0 Å². The van der Waals surface area contributed by atoms with Crippen LogP contribution in [0.25, 0.3) is 0 Å². The molecule has 0 amide bonds. The van der Waals surface area contributed by atoms with Crippen molar-refractivity contribution in [2.24, 2.45) is 4.99 Å². The summed E-state index contributed by atoms with van der Waals surface area (Å²) in [6.07, 6.45) is 4.14. The van der Waals surface area contributed by atoms with Gasteiger partial charge in [0.2, 0.25) is 0 Å². The van der Waals surface area contributed by atoms with Gasteiger partial charge in [0.25, 0.3) is 0 Å². The number of allylic oxidation sites excluding steroid dienone is 1. The Balaban J connectivity index is 2.56. The molecule has 0 bridgehead atoms. The van der Waals surface area contributed by atoms with E-state index in [1.165, 1.54) is 11.4 Å². The summed E-state index contributed by atoms with van der Waals surface area (Å²) in [7, 11) is 3.81. The van der Waals surface area contributed by atoms with Gasteiger partial charge < -0.3 is 9.64 Å². The van der Waals surface area contributed by atoms with Crippen molar-refractivity contribution < 1.29 is 4.74 Å². The molecule has 1 rings (SSSR count). The van der Waals surface area contributed by atoms with Crippen LogP contribution in [0.5, 0.6) is 0 Å². The van der Waals surface area contributed by atoms with Crippen molar-refractivity contribution in [1.82, 2.24) is 4.90 Å². The fourth-order valence-electron chi connectivity index (χ4n) is 1.50. The molecular weight excluding hydrogens is 176 g/mol. The van der Waals surface area contributed by atoms with E-state index in [9.17, 15) is 0 Å². The van der Waals surface area contributed by atoms with Crippen LogP contribution < -0.4 is 0 Å². The second-order valence-electron chi connectivity index (χ2n) is 3.94. The van der Waals surface area contributed by atoms with Gasteiger partial charge >= 0.3 is 0 Å². The van der Waals surface area contributed by atoms with Gasteiger partial charge in [0.1, 0.15) is 5.84 Å². The molecule has 0 saturated carbocycles. The first-order valence-corrected chi connectivity index (χ1v) is 5.09. The van der Waals surface area contributed by atoms with Gasteiger partial charge in [-0.25, -0.2) is 4.99 Å². The molecule has 1 aliphatic heterocycles. The van der Waals surface area contributed by atoms with Crippen LogP contribution in [0, 0.1) is 0 Å². The largest absolute Gasteiger partial charge is 0.383 e. The molecule has 80 valence electrons. The molecule has 0 N–H and O–H groups in total. The van der Waals surface area contributed by atoms with E-state index in [2.05, 4.69) is 30.8 Å². The monoisotopic (exact) mass is 196 g/mol. The summed E-state index contributed by atoms with van der Waals surface area (Å²) in [6, 6.07) is 0.394. The number of hydrogen-bond acceptors (Lipinski definition) is 3. The first kappa shape index (κ1) is 11.2. The van der Waals surface area contributed by atoms with E-state index in [4.69, 9.17) is 4.74 Å². The van der Waals surface area contributed by atoms with Crippen LogP contribution in [0.15, 0.2) is 16.8 Å². The molecule has 0 fully saturated rings. The molecule has 3 nitrogen and oxygen atoms in total. The highest BCUT2D eigenvalue weighted by molar-refractivity contribution is 5.84. The summed E-state index contributed by atoms with van der Waals surface area (Å²) in [5.74, 6) is 1.17. The van der Waals surface area contributed by atoms with Crippen LogP contribution in [0.3, 0.4) is 0 Å². The zero-order valence-electron chi connectivity index (χ0n) is 9.58. The fraction of sp³-hybridized carbons (Fsp3) is 0.727. The molecule has 1 atom stereocenters. The first-order valence-electron chi connectivity index (χ1n) is 5.09. The van der Waals surface area contributed by atoms with Gasteiger partial charge in [-0.15, -0.1) is 0 Å². The van der Waals surface area contributed by atoms with E-state index in [1.54, 1.807) is 7.11 Å². The van der Waals surface area contributed by atoms with Gasteiger partial charge in [-0.2, -0.15) is 0 Å². The van der Waals surface area contributed by atoms with Crippen molar-refractivity contribution in [2.45, 2.75) is 32.7 Å². The third-order valence-corrected chi connectivity index (χ3v) is 2.65. The third kappa shape index (κ3) is 2.84. The highest BCUT2D eigenvalue weighted by Gasteiger charge is 2.15. The number of rotatable bonds is 3. The average Bonchev–Trinajstić information content (AvgIpc) is 2.18. The molecule has 1 aliphatic rings. The van der Waals surface area contributed by atoms with E-state index in [1.807, 2.05) is 6.20 Å². The number of nitrogens with zero attached hydrogens (tertiary/aromatic N) is 2. The van der Waals surface area contributed by atoms with E-state index in [0.717, 1.165) is 19.4 Å². The quantitative estimate of drug-likeness (QED) is 0.690. The fourth-order valence-corrected chi connectivity index (χ4v) is 1.50. The van der Waals surface area contributed by atoms with Crippen LogP contribution in [-0.2, 0) is 4.74 Å². The summed E-state index contributed by atoms with van der Waals surface area (Å²) in [6.45, 7) is 5.02. The minimum atomic E-state index is 0.394. The highest BCUT2D eigenvalue weighted by Crippen LogP contribution is 2.14. The lowest BCUT2D eigenvalue weighted by Gasteiger charge is -2.28. The summed E-state index contributed by atoms with van der Waals surface area (Å²) < 4.78 is 5.12. The number of amidine groups is 1. The number of methoxy groups -OCH3 is 1. The smallest absolute Gasteiger partial charge is 0.104 e. The van der Waals surface area contributed by atoms with Crippen LogP contribution in [0.1, 0.15) is 26.7 Å². The van der Waals surface area contributed by atoms with Crippen LogP contribution in [-0.4, -0.2) is 37.5 Å². The highest BCUT2D eigenvalue weighted by atomic mass is 16.5. The lowest BCUT2D eigenvalue weighted by molar-refractivity contribution is 0.145. The summed E-state index contributed by atoms with van der Waals surface area (Å²) in [5.41, 5.74) is 1.36. The maximum atomic E-state index is 5.12. The zero-order chi connectivity index (χ0) is 10.6. The van der Waals surface area contributed by atoms with Crippen LogP contribution >= 0.6 is 0 Å². The number of likely N-dealkylation sites (N-methyl/N-ethyl adjacent to an activating group) is 1. The van der Waals surface area contributed by atoms with Gasteiger partial charge in [0.05, 0.1) is 12.6 Å². The second kappa shape index (κ2) is 5.15. The zero-order valence-corrected chi connectivity index (χ0v) is 9.58. The van der Waals surface area contributed by atoms with Crippen molar-refractivity contribution in [3.63, 3.8) is 0 Å². The van der Waals surface area contributed by atoms with Crippen molar-refractivity contribution in [3.8, 4) is 0 Å². The Morgan fingerprint density at radius 3 is 2.79 bits per heavy atom. The summed E-state index contributed by atoms with van der Waals surface area (Å²) in [4.78, 5) is 6.64. The molecule has 3 heteroatoms. The lowest BCUT2D eigenvalue weighted by atomic mass is 10.1. The molecule has 0 aromatic heterocycles. The Kier molecular flexibility index (Phi) is 4.14. The Labute approximate surface area is 86.5 Å². The van der Waals surface area contributed by atoms with Gasteiger partial charge in [-0.05, 0) is 20.3 Å². The van der Waals surface area contributed by atoms with Gasteiger partial charge in [0.15, 0.2) is 0 Å². The van der Waals surface area contributed by atoms with Crippen molar-refractivity contribution in [3.05, 3.63) is 11.8 Å². The van der Waals surface area contributed by atoms with Gasteiger partial charge in [-0.3, -0.25) is 0 Å². The van der Waals surface area contributed by atoms with Crippen molar-refractivity contribution in [1.29, 1.82) is 0 Å². The van der Waals surface area contributed by atoms with Crippen LogP contribution in [0.2, 0.25) is 0 Å². The molecular formula is C11H20N2O. The third-order valence-electron chi connectivity index (χ3n) is 2.65. The minimum Gasteiger partial charge on any atom is -0.383 e. The first-order chi connectivity index (χ1) is 6.65. The summed E-state index contributed by atoms with van der Waals surface area (Å²) in [5, 5.41) is 0. The Morgan fingerprint density at radius 1 is 1.57 bits per heavy atom. The number of ether oxygens (including phenoxy) is 1. The SMILES string of the molecule is COCC(C)N(C)C1=NC=C(C)CC1. The van der Waals surface area contributed by atoms with E-state index >= 15 is 0 Å². The molecule has 1 heterocycles. The Bertz CT molecular complexity index is 246. The Morgan fingerprint density at radius 2 is 2.29 bits per heavy atom. The molecule has 0 radical (unpaired) electrons. The van der Waals surface area contributed by atoms with E-state index < -0.39 is 0 Å². The average molecular weight is 196 g/mol. The van der Waals surface area contributed by atoms with Gasteiger partial charge in [-0.1, -0.05) is 5.57 Å². The maximum Gasteiger partial charge on any atom is 0.104 e. The summed E-state index contributed by atoms with van der Waals surface area (Å²) >= 11 is 0. The second-order valence-corrected chi connectivity index (χ2v) is 3.94. The normalized spacial score (nSPS) is 18.6. The predicted molar refractivity (Wildman–Crippen MR) is 59.5 cm³/mol. The van der Waals surface area contributed by atoms with Crippen molar-refractivity contribution >= 4 is 5.84 Å². The van der Waals surface area contributed by atoms with E-state index in [0.29, 0.717) is 6.04 Å². The predicted octanol–water partition coefficient (Wildman–Crippen LogP) is 2.05. The molecule has 14 heavy (non-hydrogen) atoms.